The van der Waals surface area contributed by atoms with Gasteiger partial charge in [-0.15, -0.1) is 0 Å². The Morgan fingerprint density at radius 1 is 1.16 bits per heavy atom. The van der Waals surface area contributed by atoms with Crippen molar-refractivity contribution in [3.05, 3.63) is 77.4 Å². The van der Waals surface area contributed by atoms with Crippen LogP contribution in [0.3, 0.4) is 0 Å². The second-order valence-electron chi connectivity index (χ2n) is 7.31. The maximum absolute atomic E-state index is 13.9. The molecule has 3 aromatic rings. The van der Waals surface area contributed by atoms with Crippen molar-refractivity contribution in [2.24, 2.45) is 0 Å². The number of esters is 1. The van der Waals surface area contributed by atoms with Gasteiger partial charge in [0.15, 0.2) is 9.84 Å². The third kappa shape index (κ3) is 4.30. The van der Waals surface area contributed by atoms with Crippen LogP contribution in [0.1, 0.15) is 15.9 Å². The molecule has 2 aromatic carbocycles. The number of aromatic nitrogens is 1. The molecule has 164 valence electrons. The van der Waals surface area contributed by atoms with Gasteiger partial charge in [0, 0.05) is 30.5 Å². The Bertz CT molecular complexity index is 1400. The number of sulfone groups is 1. The molecule has 8 nitrogen and oxygen atoms in total. The van der Waals surface area contributed by atoms with Crippen molar-refractivity contribution < 1.29 is 31.9 Å². The van der Waals surface area contributed by atoms with Crippen LogP contribution in [0.5, 0.6) is 0 Å². The normalized spacial score (nSPS) is 13.7. The molecule has 4 rings (SSSR count). The van der Waals surface area contributed by atoms with Crippen molar-refractivity contribution in [3.8, 4) is 0 Å². The molecule has 0 aliphatic carbocycles. The number of halogens is 1. The van der Waals surface area contributed by atoms with E-state index < -0.39 is 33.3 Å². The Morgan fingerprint density at radius 2 is 1.88 bits per heavy atom. The maximum atomic E-state index is 13.9. The van der Waals surface area contributed by atoms with Crippen LogP contribution in [-0.4, -0.2) is 43.5 Å². The van der Waals surface area contributed by atoms with Crippen molar-refractivity contribution in [1.29, 1.82) is 0 Å². The van der Waals surface area contributed by atoms with Gasteiger partial charge in [-0.1, -0.05) is 12.1 Å². The number of hydrogen-bond donors (Lipinski definition) is 1. The van der Waals surface area contributed by atoms with Gasteiger partial charge in [-0.05, 0) is 35.9 Å². The molecule has 1 aromatic heterocycles. The monoisotopic (exact) mass is 456 g/mol. The van der Waals surface area contributed by atoms with Crippen molar-refractivity contribution in [3.63, 3.8) is 0 Å². The molecule has 1 aliphatic heterocycles. The zero-order valence-electron chi connectivity index (χ0n) is 16.8. The SMILES string of the molecule is CS(=O)(=O)c1ccc(Cn2cc(C(=O)C(=O)NC3=CC(=O)OC3)c3ccc(F)cc32)cc1. The molecule has 32 heavy (non-hydrogen) atoms. The first-order valence-electron chi connectivity index (χ1n) is 9.42. The first kappa shape index (κ1) is 21.4. The van der Waals surface area contributed by atoms with E-state index >= 15 is 0 Å². The molecule has 2 heterocycles. The molecule has 0 saturated carbocycles. The third-order valence-corrected chi connectivity index (χ3v) is 6.06. The number of fused-ring (bicyclic) bond motifs is 1. The number of cyclic esters (lactones) is 1. The summed E-state index contributed by atoms with van der Waals surface area (Å²) in [6.45, 7) is 0.0840. The molecule has 1 aliphatic rings. The summed E-state index contributed by atoms with van der Waals surface area (Å²) in [5, 5.41) is 2.73. The fourth-order valence-electron chi connectivity index (χ4n) is 3.39. The Morgan fingerprint density at radius 3 is 2.50 bits per heavy atom. The average Bonchev–Trinajstić information content (AvgIpc) is 3.30. The predicted octanol–water partition coefficient (Wildman–Crippen LogP) is 1.97. The number of benzene rings is 2. The minimum Gasteiger partial charge on any atom is -0.456 e. The molecule has 0 unspecified atom stereocenters. The lowest BCUT2D eigenvalue weighted by Gasteiger charge is -2.07. The molecule has 0 bridgehead atoms. The Hall–Kier alpha value is -3.79. The smallest absolute Gasteiger partial charge is 0.333 e. The highest BCUT2D eigenvalue weighted by molar-refractivity contribution is 7.90. The highest BCUT2D eigenvalue weighted by Gasteiger charge is 2.24. The summed E-state index contributed by atoms with van der Waals surface area (Å²) in [4.78, 5) is 36.5. The van der Waals surface area contributed by atoms with Gasteiger partial charge in [-0.3, -0.25) is 9.59 Å². The first-order valence-corrected chi connectivity index (χ1v) is 11.3. The highest BCUT2D eigenvalue weighted by Crippen LogP contribution is 2.25. The number of Topliss-reactive ketones (excluding diaryl/α,β-unsaturated/α-hetero) is 1. The van der Waals surface area contributed by atoms with Crippen LogP contribution in [0.15, 0.2) is 65.3 Å². The Kier molecular flexibility index (Phi) is 5.39. The summed E-state index contributed by atoms with van der Waals surface area (Å²) in [6, 6.07) is 10.0. The van der Waals surface area contributed by atoms with Gasteiger partial charge >= 0.3 is 5.97 Å². The van der Waals surface area contributed by atoms with E-state index in [1.807, 2.05) is 0 Å². The van der Waals surface area contributed by atoms with Crippen LogP contribution < -0.4 is 5.32 Å². The van der Waals surface area contributed by atoms with E-state index in [4.69, 9.17) is 4.74 Å². The number of hydrogen-bond acceptors (Lipinski definition) is 6. The van der Waals surface area contributed by atoms with Crippen molar-refractivity contribution in [1.82, 2.24) is 9.88 Å². The average molecular weight is 456 g/mol. The van der Waals surface area contributed by atoms with Gasteiger partial charge in [0.2, 0.25) is 0 Å². The predicted molar refractivity (Wildman–Crippen MR) is 112 cm³/mol. The molecule has 0 atom stereocenters. The van der Waals surface area contributed by atoms with Gasteiger partial charge in [-0.2, -0.15) is 0 Å². The topological polar surface area (TPSA) is 112 Å². The van der Waals surface area contributed by atoms with Gasteiger partial charge in [-0.25, -0.2) is 17.6 Å². The number of rotatable bonds is 6. The van der Waals surface area contributed by atoms with E-state index in [0.717, 1.165) is 12.3 Å². The van der Waals surface area contributed by atoms with Crippen molar-refractivity contribution >= 4 is 38.4 Å². The van der Waals surface area contributed by atoms with Crippen LogP contribution in [0, 0.1) is 5.82 Å². The number of ketones is 1. The van der Waals surface area contributed by atoms with Gasteiger partial charge in [0.1, 0.15) is 12.4 Å². The summed E-state index contributed by atoms with van der Waals surface area (Å²) in [5.74, 6) is -2.93. The quantitative estimate of drug-likeness (QED) is 0.345. The first-order chi connectivity index (χ1) is 15.1. The van der Waals surface area contributed by atoms with Crippen molar-refractivity contribution in [2.45, 2.75) is 11.4 Å². The zero-order chi connectivity index (χ0) is 23.0. The molecule has 0 saturated heterocycles. The maximum Gasteiger partial charge on any atom is 0.333 e. The molecule has 0 fully saturated rings. The second-order valence-corrected chi connectivity index (χ2v) is 9.32. The second kappa shape index (κ2) is 8.04. The van der Waals surface area contributed by atoms with E-state index in [9.17, 15) is 27.2 Å². The molecule has 1 amide bonds. The minimum absolute atomic E-state index is 0.0658. The molecule has 0 radical (unpaired) electrons. The van der Waals surface area contributed by atoms with E-state index in [2.05, 4.69) is 5.32 Å². The molecule has 1 N–H and O–H groups in total. The standard InChI is InChI=1S/C22H17FN2O6S/c1-32(29,30)16-5-2-13(3-6-16)10-25-11-18(17-7-4-14(23)8-19(17)25)21(27)22(28)24-15-9-20(26)31-12-15/h2-9,11H,10,12H2,1H3,(H,24,28). The number of ether oxygens (including phenoxy) is 1. The summed E-state index contributed by atoms with van der Waals surface area (Å²) >= 11 is 0. The molecular weight excluding hydrogens is 439 g/mol. The Labute approximate surface area is 182 Å². The highest BCUT2D eigenvalue weighted by atomic mass is 32.2. The van der Waals surface area contributed by atoms with Crippen LogP contribution in [-0.2, 0) is 30.7 Å². The lowest BCUT2D eigenvalue weighted by Crippen LogP contribution is -2.31. The third-order valence-electron chi connectivity index (χ3n) is 4.94. The fourth-order valence-corrected chi connectivity index (χ4v) is 4.02. The van der Waals surface area contributed by atoms with E-state index in [1.54, 1.807) is 16.7 Å². The largest absolute Gasteiger partial charge is 0.456 e. The lowest BCUT2D eigenvalue weighted by molar-refractivity contribution is -0.135. The molecule has 10 heteroatoms. The van der Waals surface area contributed by atoms with Gasteiger partial charge < -0.3 is 14.6 Å². The number of amides is 1. The van der Waals surface area contributed by atoms with Crippen LogP contribution in [0.4, 0.5) is 4.39 Å². The van der Waals surface area contributed by atoms with Gasteiger partial charge in [0.05, 0.1) is 21.7 Å². The van der Waals surface area contributed by atoms with Crippen molar-refractivity contribution in [2.75, 3.05) is 12.9 Å². The zero-order valence-corrected chi connectivity index (χ0v) is 17.6. The van der Waals surface area contributed by atoms with Crippen LogP contribution >= 0.6 is 0 Å². The minimum atomic E-state index is -3.34. The summed E-state index contributed by atoms with van der Waals surface area (Å²) in [6.07, 6.45) is 3.64. The van der Waals surface area contributed by atoms with E-state index in [1.165, 1.54) is 36.5 Å². The number of carbonyl (C=O) groups is 3. The van der Waals surface area contributed by atoms with Crippen LogP contribution in [0.2, 0.25) is 0 Å². The van der Waals surface area contributed by atoms with Crippen LogP contribution in [0.25, 0.3) is 10.9 Å². The number of nitrogens with zero attached hydrogens (tertiary/aromatic N) is 1. The van der Waals surface area contributed by atoms with Gasteiger partial charge in [0.25, 0.3) is 11.7 Å². The summed E-state index contributed by atoms with van der Waals surface area (Å²) < 4.78 is 43.5. The lowest BCUT2D eigenvalue weighted by atomic mass is 10.1. The van der Waals surface area contributed by atoms with E-state index in [-0.39, 0.29) is 29.3 Å². The number of nitrogens with one attached hydrogen (secondary N) is 1. The number of carbonyl (C=O) groups excluding carboxylic acids is 3. The summed E-state index contributed by atoms with van der Waals surface area (Å²) in [7, 11) is -3.34. The van der Waals surface area contributed by atoms with E-state index in [0.29, 0.717) is 16.5 Å². The Balaban J connectivity index is 1.66. The molecule has 0 spiro atoms. The summed E-state index contributed by atoms with van der Waals surface area (Å²) in [5.41, 5.74) is 1.35. The fraction of sp³-hybridized carbons (Fsp3) is 0.136. The molecular formula is C22H17FN2O6S.